The minimum atomic E-state index is -0.608. The average Bonchev–Trinajstić information content (AvgIpc) is 2.98. The van der Waals surface area contributed by atoms with E-state index in [1.54, 1.807) is 18.2 Å². The van der Waals surface area contributed by atoms with Crippen molar-refractivity contribution in [3.63, 3.8) is 0 Å². The van der Waals surface area contributed by atoms with E-state index >= 15 is 0 Å². The van der Waals surface area contributed by atoms with Crippen molar-refractivity contribution >= 4 is 30.4 Å². The number of aliphatic hydroxyl groups is 1. The van der Waals surface area contributed by atoms with Crippen molar-refractivity contribution in [3.05, 3.63) is 27.4 Å². The normalized spacial score (nSPS) is 20.3. The van der Waals surface area contributed by atoms with Crippen molar-refractivity contribution in [1.82, 2.24) is 5.43 Å². The second-order valence-electron chi connectivity index (χ2n) is 6.14. The minimum absolute atomic E-state index is 0.187. The van der Waals surface area contributed by atoms with Crippen molar-refractivity contribution in [2.75, 3.05) is 6.61 Å². The summed E-state index contributed by atoms with van der Waals surface area (Å²) in [5, 5.41) is 9.63. The van der Waals surface area contributed by atoms with Gasteiger partial charge in [0.25, 0.3) is 5.91 Å². The number of thiophene rings is 1. The molecule has 0 radical (unpaired) electrons. The fourth-order valence-corrected chi connectivity index (χ4v) is 2.88. The largest absolute Gasteiger partial charge is 0.492 e. The molecule has 0 bridgehead atoms. The topological polar surface area (TPSA) is 93.8 Å². The van der Waals surface area contributed by atoms with Crippen LogP contribution in [0.4, 0.5) is 0 Å². The molecule has 120 valence electrons. The van der Waals surface area contributed by atoms with E-state index in [9.17, 15) is 9.90 Å². The lowest BCUT2D eigenvalue weighted by Crippen LogP contribution is -2.41. The lowest BCUT2D eigenvalue weighted by molar-refractivity contribution is 0.00578. The maximum absolute atomic E-state index is 11.5. The number of nitrogens with two attached hydrogens (primary N) is 1. The number of hydrazine groups is 1. The Morgan fingerprint density at radius 3 is 2.45 bits per heavy atom. The SMILES string of the molecule is CC1(C)OB(C(=Cc2ccc(C(=O)NN)s2)CO)OC1(C)C. The van der Waals surface area contributed by atoms with Gasteiger partial charge in [-0.3, -0.25) is 10.2 Å². The Hall–Kier alpha value is -1.19. The molecule has 22 heavy (non-hydrogen) atoms. The zero-order chi connectivity index (χ0) is 16.5. The van der Waals surface area contributed by atoms with E-state index in [2.05, 4.69) is 5.43 Å². The van der Waals surface area contributed by atoms with Crippen LogP contribution in [0.1, 0.15) is 42.2 Å². The number of hydrogen-bond donors (Lipinski definition) is 3. The molecule has 1 aliphatic heterocycles. The smallest absolute Gasteiger partial charge is 0.400 e. The van der Waals surface area contributed by atoms with Gasteiger partial charge in [-0.05, 0) is 51.4 Å². The zero-order valence-electron chi connectivity index (χ0n) is 13.2. The highest BCUT2D eigenvalue weighted by molar-refractivity contribution is 7.14. The number of carbonyl (C=O) groups is 1. The third kappa shape index (κ3) is 3.26. The number of hydrogen-bond acceptors (Lipinski definition) is 6. The molecule has 1 aromatic rings. The molecule has 8 heteroatoms. The van der Waals surface area contributed by atoms with Crippen LogP contribution in [0.5, 0.6) is 0 Å². The second-order valence-corrected chi connectivity index (χ2v) is 7.26. The number of carbonyl (C=O) groups excluding carboxylic acids is 1. The summed E-state index contributed by atoms with van der Waals surface area (Å²) in [5.74, 6) is 4.77. The first-order valence-electron chi connectivity index (χ1n) is 6.98. The zero-order valence-corrected chi connectivity index (χ0v) is 14.0. The van der Waals surface area contributed by atoms with Crippen LogP contribution in [0.15, 0.2) is 17.6 Å². The van der Waals surface area contributed by atoms with Gasteiger partial charge in [0.2, 0.25) is 0 Å². The minimum Gasteiger partial charge on any atom is -0.400 e. The van der Waals surface area contributed by atoms with E-state index in [4.69, 9.17) is 15.2 Å². The van der Waals surface area contributed by atoms with Crippen LogP contribution in [0.2, 0.25) is 0 Å². The summed E-state index contributed by atoms with van der Waals surface area (Å²) in [5.41, 5.74) is 1.77. The number of nitrogens with one attached hydrogen (secondary N) is 1. The maximum atomic E-state index is 11.5. The number of nitrogen functional groups attached to an aromatic ring is 1. The molecule has 1 fully saturated rings. The Morgan fingerprint density at radius 2 is 1.95 bits per heavy atom. The molecule has 0 unspecified atom stereocenters. The molecule has 1 aliphatic rings. The number of aliphatic hydroxyl groups excluding tert-OH is 1. The van der Waals surface area contributed by atoms with Gasteiger partial charge in [0.15, 0.2) is 0 Å². The Morgan fingerprint density at radius 1 is 1.36 bits per heavy atom. The average molecular weight is 324 g/mol. The van der Waals surface area contributed by atoms with Gasteiger partial charge >= 0.3 is 7.12 Å². The van der Waals surface area contributed by atoms with Crippen LogP contribution in [-0.4, -0.2) is 35.9 Å². The molecule has 2 heterocycles. The van der Waals surface area contributed by atoms with E-state index in [1.807, 2.05) is 27.7 Å². The predicted octanol–water partition coefficient (Wildman–Crippen LogP) is 1.36. The van der Waals surface area contributed by atoms with E-state index < -0.39 is 18.3 Å². The third-order valence-corrected chi connectivity index (χ3v) is 5.08. The van der Waals surface area contributed by atoms with Crippen LogP contribution >= 0.6 is 11.3 Å². The highest BCUT2D eigenvalue weighted by Gasteiger charge is 2.52. The van der Waals surface area contributed by atoms with Crippen molar-refractivity contribution in [1.29, 1.82) is 0 Å². The first-order valence-corrected chi connectivity index (χ1v) is 7.79. The van der Waals surface area contributed by atoms with Gasteiger partial charge < -0.3 is 14.4 Å². The quantitative estimate of drug-likeness (QED) is 0.336. The summed E-state index contributed by atoms with van der Waals surface area (Å²) in [6.07, 6.45) is 1.78. The molecule has 1 amide bonds. The molecule has 6 nitrogen and oxygen atoms in total. The molecule has 1 aromatic heterocycles. The summed E-state index contributed by atoms with van der Waals surface area (Å²) in [7, 11) is -0.608. The molecule has 0 spiro atoms. The van der Waals surface area contributed by atoms with Gasteiger partial charge in [-0.25, -0.2) is 5.84 Å². The van der Waals surface area contributed by atoms with Crippen molar-refractivity contribution in [2.24, 2.45) is 5.84 Å². The van der Waals surface area contributed by atoms with Gasteiger partial charge in [-0.1, -0.05) is 0 Å². The fourth-order valence-electron chi connectivity index (χ4n) is 1.99. The van der Waals surface area contributed by atoms with Crippen molar-refractivity contribution < 1.29 is 19.2 Å². The molecule has 0 aromatic carbocycles. The van der Waals surface area contributed by atoms with Gasteiger partial charge in [-0.2, -0.15) is 0 Å². The van der Waals surface area contributed by atoms with Gasteiger partial charge in [0, 0.05) is 4.88 Å². The van der Waals surface area contributed by atoms with E-state index in [1.165, 1.54) is 11.3 Å². The highest BCUT2D eigenvalue weighted by Crippen LogP contribution is 2.38. The van der Waals surface area contributed by atoms with Crippen LogP contribution in [0, 0.1) is 0 Å². The van der Waals surface area contributed by atoms with Crippen LogP contribution < -0.4 is 11.3 Å². The summed E-state index contributed by atoms with van der Waals surface area (Å²) in [6, 6.07) is 3.47. The standard InChI is InChI=1S/C14H21BN2O4S/c1-13(2)14(3,4)21-15(20-13)9(8-18)7-10-5-6-11(22-10)12(19)17-16/h5-7,18H,8,16H2,1-4H3,(H,17,19). The maximum Gasteiger partial charge on any atom is 0.492 e. The monoisotopic (exact) mass is 324 g/mol. The van der Waals surface area contributed by atoms with E-state index in [-0.39, 0.29) is 12.5 Å². The first-order chi connectivity index (χ1) is 10.2. The van der Waals surface area contributed by atoms with E-state index in [0.29, 0.717) is 10.3 Å². The Bertz CT molecular complexity index is 581. The molecule has 2 rings (SSSR count). The lowest BCUT2D eigenvalue weighted by atomic mass is 9.78. The van der Waals surface area contributed by atoms with Gasteiger partial charge in [-0.15, -0.1) is 11.3 Å². The van der Waals surface area contributed by atoms with E-state index in [0.717, 1.165) is 4.88 Å². The first kappa shape index (κ1) is 17.2. The molecule has 4 N–H and O–H groups in total. The van der Waals surface area contributed by atoms with Gasteiger partial charge in [0.1, 0.15) is 0 Å². The Labute approximate surface area is 134 Å². The van der Waals surface area contributed by atoms with Gasteiger partial charge in [0.05, 0.1) is 22.7 Å². The van der Waals surface area contributed by atoms with Crippen molar-refractivity contribution in [3.8, 4) is 0 Å². The Kier molecular flexibility index (Phi) is 4.79. The number of rotatable bonds is 4. The molecular weight excluding hydrogens is 303 g/mol. The predicted molar refractivity (Wildman–Crippen MR) is 87.1 cm³/mol. The summed E-state index contributed by atoms with van der Waals surface area (Å²) >= 11 is 1.28. The molecule has 0 aliphatic carbocycles. The highest BCUT2D eigenvalue weighted by atomic mass is 32.1. The summed E-state index contributed by atoms with van der Waals surface area (Å²) in [4.78, 5) is 12.8. The molecule has 0 saturated carbocycles. The van der Waals surface area contributed by atoms with Crippen molar-refractivity contribution in [2.45, 2.75) is 38.9 Å². The number of amides is 1. The third-order valence-electron chi connectivity index (χ3n) is 4.05. The Balaban J connectivity index is 2.22. The van der Waals surface area contributed by atoms with Crippen LogP contribution in [0.3, 0.4) is 0 Å². The molecular formula is C14H21BN2O4S. The molecule has 1 saturated heterocycles. The summed E-state index contributed by atoms with van der Waals surface area (Å²) < 4.78 is 11.8. The lowest BCUT2D eigenvalue weighted by Gasteiger charge is -2.32. The van der Waals surface area contributed by atoms with Crippen LogP contribution in [0.25, 0.3) is 6.08 Å². The second kappa shape index (κ2) is 6.13. The summed E-state index contributed by atoms with van der Waals surface area (Å²) in [6.45, 7) is 7.63. The molecule has 0 atom stereocenters. The van der Waals surface area contributed by atoms with Crippen LogP contribution in [-0.2, 0) is 9.31 Å². The fraction of sp³-hybridized carbons (Fsp3) is 0.500.